The molecular weight excluding hydrogens is 354 g/mol. The van der Waals surface area contributed by atoms with Crippen molar-refractivity contribution in [3.63, 3.8) is 0 Å². The maximum absolute atomic E-state index is 12.7. The molecule has 136 valence electrons. The maximum Gasteiger partial charge on any atom is 0.419 e. The van der Waals surface area contributed by atoms with E-state index in [2.05, 4.69) is 20.5 Å². The van der Waals surface area contributed by atoms with Gasteiger partial charge in [-0.3, -0.25) is 9.36 Å². The van der Waals surface area contributed by atoms with Crippen LogP contribution in [0.15, 0.2) is 27.4 Å². The van der Waals surface area contributed by atoms with Gasteiger partial charge in [0.25, 0.3) is 5.91 Å². The maximum atomic E-state index is 12.7. The van der Waals surface area contributed by atoms with Crippen molar-refractivity contribution in [1.82, 2.24) is 14.9 Å². The number of amides is 1. The zero-order valence-electron chi connectivity index (χ0n) is 14.5. The van der Waals surface area contributed by atoms with E-state index in [-0.39, 0.29) is 5.91 Å². The predicted molar refractivity (Wildman–Crippen MR) is 101 cm³/mol. The molecule has 2 N–H and O–H groups in total. The van der Waals surface area contributed by atoms with Crippen molar-refractivity contribution in [1.29, 1.82) is 0 Å². The molecule has 4 rings (SSSR count). The van der Waals surface area contributed by atoms with E-state index >= 15 is 0 Å². The van der Waals surface area contributed by atoms with Gasteiger partial charge >= 0.3 is 5.76 Å². The Morgan fingerprint density at radius 1 is 1.35 bits per heavy atom. The van der Waals surface area contributed by atoms with Gasteiger partial charge in [-0.15, -0.1) is 0 Å². The Bertz CT molecular complexity index is 1030. The largest absolute Gasteiger partial charge is 0.419 e. The standard InChI is InChI=1S/C17H19N5O3S/c1-10-14(26-16(19-10)22-7-5-18-6-8-22)15(23)20-11-3-4-12-13(9-11)25-17(24)21(12)2/h3-4,9,18H,5-8H2,1-2H3,(H,20,23). The summed E-state index contributed by atoms with van der Waals surface area (Å²) in [6.07, 6.45) is 0. The van der Waals surface area contributed by atoms with Crippen LogP contribution >= 0.6 is 11.3 Å². The minimum atomic E-state index is -0.428. The van der Waals surface area contributed by atoms with Gasteiger partial charge < -0.3 is 20.0 Å². The molecule has 1 aromatic carbocycles. The van der Waals surface area contributed by atoms with Gasteiger partial charge in [0.05, 0.1) is 11.2 Å². The van der Waals surface area contributed by atoms with E-state index < -0.39 is 5.76 Å². The SMILES string of the molecule is Cc1nc(N2CCNCC2)sc1C(=O)Nc1ccc2c(c1)oc(=O)n2C. The van der Waals surface area contributed by atoms with Crippen molar-refractivity contribution in [2.75, 3.05) is 36.4 Å². The molecule has 3 aromatic rings. The highest BCUT2D eigenvalue weighted by molar-refractivity contribution is 7.17. The number of fused-ring (bicyclic) bond motifs is 1. The van der Waals surface area contributed by atoms with Crippen LogP contribution in [0.4, 0.5) is 10.8 Å². The normalized spacial score (nSPS) is 14.8. The van der Waals surface area contributed by atoms with Crippen molar-refractivity contribution in [2.24, 2.45) is 7.05 Å². The Morgan fingerprint density at radius 3 is 2.88 bits per heavy atom. The summed E-state index contributed by atoms with van der Waals surface area (Å²) in [6, 6.07) is 5.16. The predicted octanol–water partition coefficient (Wildman–Crippen LogP) is 1.56. The second-order valence-corrected chi connectivity index (χ2v) is 7.19. The average Bonchev–Trinajstić information content (AvgIpc) is 3.16. The second kappa shape index (κ2) is 6.58. The summed E-state index contributed by atoms with van der Waals surface area (Å²) in [5.41, 5.74) is 2.42. The number of aryl methyl sites for hydroxylation is 2. The van der Waals surface area contributed by atoms with Gasteiger partial charge in [0.15, 0.2) is 10.7 Å². The lowest BCUT2D eigenvalue weighted by molar-refractivity contribution is 0.103. The Balaban J connectivity index is 1.56. The molecule has 8 nitrogen and oxygen atoms in total. The molecule has 0 spiro atoms. The van der Waals surface area contributed by atoms with Gasteiger partial charge in [-0.2, -0.15) is 0 Å². The summed E-state index contributed by atoms with van der Waals surface area (Å²) in [5, 5.41) is 7.04. The molecule has 1 fully saturated rings. The summed E-state index contributed by atoms with van der Waals surface area (Å²) in [5.74, 6) is -0.638. The Labute approximate surface area is 153 Å². The molecule has 1 saturated heterocycles. The minimum absolute atomic E-state index is 0.209. The summed E-state index contributed by atoms with van der Waals surface area (Å²) >= 11 is 1.40. The van der Waals surface area contributed by atoms with Crippen LogP contribution in [0, 0.1) is 6.92 Å². The van der Waals surface area contributed by atoms with Gasteiger partial charge in [-0.05, 0) is 19.1 Å². The number of benzene rings is 1. The fourth-order valence-corrected chi connectivity index (χ4v) is 4.00. The zero-order chi connectivity index (χ0) is 18.3. The van der Waals surface area contributed by atoms with Crippen LogP contribution in [0.1, 0.15) is 15.4 Å². The van der Waals surface area contributed by atoms with Crippen molar-refractivity contribution in [2.45, 2.75) is 6.92 Å². The quantitative estimate of drug-likeness (QED) is 0.724. The highest BCUT2D eigenvalue weighted by atomic mass is 32.1. The number of hydrogen-bond acceptors (Lipinski definition) is 7. The van der Waals surface area contributed by atoms with Crippen LogP contribution in [0.5, 0.6) is 0 Å². The van der Waals surface area contributed by atoms with Crippen LogP contribution in [-0.2, 0) is 7.05 Å². The van der Waals surface area contributed by atoms with Crippen molar-refractivity contribution in [3.05, 3.63) is 39.3 Å². The zero-order valence-corrected chi connectivity index (χ0v) is 15.4. The molecule has 26 heavy (non-hydrogen) atoms. The molecule has 1 amide bonds. The van der Waals surface area contributed by atoms with Crippen LogP contribution in [0.3, 0.4) is 0 Å². The average molecular weight is 373 g/mol. The number of carbonyl (C=O) groups excluding carboxylic acids is 1. The molecule has 0 atom stereocenters. The lowest BCUT2D eigenvalue weighted by Crippen LogP contribution is -2.43. The summed E-state index contributed by atoms with van der Waals surface area (Å²) in [7, 11) is 1.64. The van der Waals surface area contributed by atoms with Crippen molar-refractivity contribution < 1.29 is 9.21 Å². The summed E-state index contributed by atoms with van der Waals surface area (Å²) < 4.78 is 6.59. The van der Waals surface area contributed by atoms with Gasteiger partial charge in [0, 0.05) is 45.0 Å². The van der Waals surface area contributed by atoms with Gasteiger partial charge in [-0.25, -0.2) is 9.78 Å². The van der Waals surface area contributed by atoms with E-state index in [1.807, 2.05) is 6.92 Å². The van der Waals surface area contributed by atoms with Crippen LogP contribution < -0.4 is 21.3 Å². The topological polar surface area (TPSA) is 92.4 Å². The minimum Gasteiger partial charge on any atom is -0.408 e. The molecule has 0 saturated carbocycles. The van der Waals surface area contributed by atoms with Crippen LogP contribution in [0.2, 0.25) is 0 Å². The first-order valence-electron chi connectivity index (χ1n) is 8.37. The Hall–Kier alpha value is -2.65. The van der Waals surface area contributed by atoms with E-state index in [0.29, 0.717) is 27.4 Å². The molecule has 2 aromatic heterocycles. The molecule has 3 heterocycles. The smallest absolute Gasteiger partial charge is 0.408 e. The Kier molecular flexibility index (Phi) is 4.25. The molecule has 0 aliphatic carbocycles. The number of thiazole rings is 1. The molecular formula is C17H19N5O3S. The fraction of sp³-hybridized carbons (Fsp3) is 0.353. The monoisotopic (exact) mass is 373 g/mol. The Morgan fingerprint density at radius 2 is 2.12 bits per heavy atom. The highest BCUT2D eigenvalue weighted by Gasteiger charge is 2.20. The third kappa shape index (κ3) is 2.99. The third-order valence-corrected chi connectivity index (χ3v) is 5.65. The molecule has 1 aliphatic rings. The first kappa shape index (κ1) is 16.8. The lowest BCUT2D eigenvalue weighted by Gasteiger charge is -2.26. The number of aromatic nitrogens is 2. The second-order valence-electron chi connectivity index (χ2n) is 6.21. The van der Waals surface area contributed by atoms with Crippen molar-refractivity contribution in [3.8, 4) is 0 Å². The first-order valence-corrected chi connectivity index (χ1v) is 9.18. The number of anilines is 2. The van der Waals surface area contributed by atoms with Crippen molar-refractivity contribution >= 4 is 39.2 Å². The fourth-order valence-electron chi connectivity index (χ4n) is 2.98. The first-order chi connectivity index (χ1) is 12.5. The number of oxazole rings is 1. The van der Waals surface area contributed by atoms with E-state index in [9.17, 15) is 9.59 Å². The number of piperazine rings is 1. The molecule has 0 radical (unpaired) electrons. The molecule has 0 unspecified atom stereocenters. The van der Waals surface area contributed by atoms with E-state index in [0.717, 1.165) is 31.3 Å². The van der Waals surface area contributed by atoms with Gasteiger partial charge in [-0.1, -0.05) is 11.3 Å². The van der Waals surface area contributed by atoms with Crippen LogP contribution in [0.25, 0.3) is 11.1 Å². The number of rotatable bonds is 3. The number of hydrogen-bond donors (Lipinski definition) is 2. The van der Waals surface area contributed by atoms with Gasteiger partial charge in [0.2, 0.25) is 0 Å². The number of nitrogens with zero attached hydrogens (tertiary/aromatic N) is 3. The van der Waals surface area contributed by atoms with E-state index in [4.69, 9.17) is 4.42 Å². The number of carbonyl (C=O) groups is 1. The highest BCUT2D eigenvalue weighted by Crippen LogP contribution is 2.27. The lowest BCUT2D eigenvalue weighted by atomic mass is 10.2. The van der Waals surface area contributed by atoms with E-state index in [1.54, 1.807) is 25.2 Å². The molecule has 9 heteroatoms. The third-order valence-electron chi connectivity index (χ3n) is 4.43. The summed E-state index contributed by atoms with van der Waals surface area (Å²) in [4.78, 5) is 31.6. The van der Waals surface area contributed by atoms with Gasteiger partial charge in [0.1, 0.15) is 4.88 Å². The summed E-state index contributed by atoms with van der Waals surface area (Å²) in [6.45, 7) is 5.46. The molecule has 0 bridgehead atoms. The van der Waals surface area contributed by atoms with Crippen LogP contribution in [-0.4, -0.2) is 41.6 Å². The van der Waals surface area contributed by atoms with E-state index in [1.165, 1.54) is 15.9 Å². The number of nitrogens with one attached hydrogen (secondary N) is 2. The molecule has 1 aliphatic heterocycles.